The number of benzene rings is 2. The topological polar surface area (TPSA) is 102 Å². The Balaban J connectivity index is 1.59. The highest BCUT2D eigenvalue weighted by Crippen LogP contribution is 2.44. The molecule has 0 aromatic heterocycles. The van der Waals surface area contributed by atoms with Crippen LogP contribution in [-0.2, 0) is 14.3 Å². The van der Waals surface area contributed by atoms with Crippen LogP contribution < -0.4 is 5.32 Å². The number of rotatable bonds is 6. The van der Waals surface area contributed by atoms with Gasteiger partial charge in [-0.2, -0.15) is 0 Å². The molecule has 1 atom stereocenters. The molecule has 0 aliphatic heterocycles. The van der Waals surface area contributed by atoms with Gasteiger partial charge in [0.2, 0.25) is 0 Å². The van der Waals surface area contributed by atoms with Gasteiger partial charge in [0, 0.05) is 11.7 Å². The van der Waals surface area contributed by atoms with Crippen LogP contribution in [0.25, 0.3) is 11.1 Å². The molecule has 31 heavy (non-hydrogen) atoms. The summed E-state index contributed by atoms with van der Waals surface area (Å²) in [4.78, 5) is 35.6. The van der Waals surface area contributed by atoms with Crippen molar-refractivity contribution in [3.8, 4) is 11.1 Å². The maximum Gasteiger partial charge on any atom is 0.407 e. The van der Waals surface area contributed by atoms with Gasteiger partial charge in [0.1, 0.15) is 18.2 Å². The van der Waals surface area contributed by atoms with Crippen molar-refractivity contribution in [2.75, 3.05) is 12.4 Å². The molecule has 2 aromatic rings. The maximum absolute atomic E-state index is 12.3. The number of fused-ring (bicyclic) bond motifs is 3. The fraction of sp³-hybridized carbons (Fsp3) is 0.348. The number of ether oxygens (including phenoxy) is 2. The van der Waals surface area contributed by atoms with Gasteiger partial charge in [-0.25, -0.2) is 14.4 Å². The van der Waals surface area contributed by atoms with Crippen LogP contribution >= 0.6 is 11.8 Å². The highest BCUT2D eigenvalue weighted by atomic mass is 32.2. The molecule has 2 N–H and O–H groups in total. The van der Waals surface area contributed by atoms with Gasteiger partial charge in [-0.1, -0.05) is 48.5 Å². The van der Waals surface area contributed by atoms with E-state index in [2.05, 4.69) is 5.32 Å². The second-order valence-corrected chi connectivity index (χ2v) is 9.09. The van der Waals surface area contributed by atoms with Crippen LogP contribution in [0.2, 0.25) is 0 Å². The first-order valence-corrected chi connectivity index (χ1v) is 10.8. The Kier molecular flexibility index (Phi) is 6.90. The van der Waals surface area contributed by atoms with Gasteiger partial charge in [-0.05, 0) is 54.8 Å². The molecule has 1 amide bonds. The Morgan fingerprint density at radius 3 is 2.10 bits per heavy atom. The molecular weight excluding hydrogens is 418 g/mol. The molecule has 2 aromatic carbocycles. The predicted molar refractivity (Wildman–Crippen MR) is 118 cm³/mol. The number of carbonyl (C=O) groups excluding carboxylic acids is 2. The molecule has 1 aliphatic carbocycles. The fourth-order valence-electron chi connectivity index (χ4n) is 3.39. The summed E-state index contributed by atoms with van der Waals surface area (Å²) in [6, 6.07) is 14.6. The molecule has 1 unspecified atom stereocenters. The van der Waals surface area contributed by atoms with E-state index in [0.29, 0.717) is 11.8 Å². The Morgan fingerprint density at radius 1 is 1.03 bits per heavy atom. The van der Waals surface area contributed by atoms with Crippen molar-refractivity contribution in [1.82, 2.24) is 5.32 Å². The fourth-order valence-corrected chi connectivity index (χ4v) is 4.23. The summed E-state index contributed by atoms with van der Waals surface area (Å²) in [5.41, 5.74) is 3.65. The van der Waals surface area contributed by atoms with E-state index < -0.39 is 29.0 Å². The van der Waals surface area contributed by atoms with Crippen molar-refractivity contribution >= 4 is 29.1 Å². The maximum atomic E-state index is 12.3. The van der Waals surface area contributed by atoms with Crippen LogP contribution in [0.15, 0.2) is 48.5 Å². The number of thioether (sulfide) groups is 1. The minimum absolute atomic E-state index is 0.0748. The first-order chi connectivity index (χ1) is 14.7. The normalized spacial score (nSPS) is 13.6. The van der Waals surface area contributed by atoms with Crippen molar-refractivity contribution < 1.29 is 29.0 Å². The number of alkyl carbamates (subject to hydrolysis) is 1. The molecule has 0 heterocycles. The largest absolute Gasteiger partial charge is 0.480 e. The number of nitrogens with one attached hydrogen (secondary N) is 1. The first kappa shape index (κ1) is 22.7. The molecule has 3 rings (SSSR count). The molecule has 0 bridgehead atoms. The van der Waals surface area contributed by atoms with E-state index in [9.17, 15) is 19.5 Å². The minimum atomic E-state index is -1.28. The lowest BCUT2D eigenvalue weighted by Crippen LogP contribution is -2.43. The number of aliphatic carboxylic acids is 1. The van der Waals surface area contributed by atoms with Gasteiger partial charge in [0.25, 0.3) is 0 Å². The number of carbonyl (C=O) groups is 3. The molecular formula is C23H25NO6S. The van der Waals surface area contributed by atoms with E-state index in [4.69, 9.17) is 9.47 Å². The summed E-state index contributed by atoms with van der Waals surface area (Å²) in [6.45, 7) is 5.23. The molecule has 1 aliphatic rings. The summed E-state index contributed by atoms with van der Waals surface area (Å²) in [5.74, 6) is -1.56. The zero-order valence-electron chi connectivity index (χ0n) is 17.6. The van der Waals surface area contributed by atoms with E-state index in [1.807, 2.05) is 48.5 Å². The number of amides is 1. The Hall–Kier alpha value is -3.00. The van der Waals surface area contributed by atoms with Gasteiger partial charge in [0.05, 0.1) is 0 Å². The standard InChI is InChI=1S/C23H25NO6S/c1-23(2,3)30-22(28)31-13-19(20(25)26)24-21(27)29-12-18-16-10-6-4-8-14(16)15-9-5-7-11-17(15)18/h4-11,18-19H,12-13H2,1-3H3,(H,24,27)(H,25,26). The number of hydrogen-bond donors (Lipinski definition) is 2. The van der Waals surface area contributed by atoms with Crippen molar-refractivity contribution in [2.24, 2.45) is 0 Å². The predicted octanol–water partition coefficient (Wildman–Crippen LogP) is 4.65. The summed E-state index contributed by atoms with van der Waals surface area (Å²) in [6.07, 6.45) is -0.848. The van der Waals surface area contributed by atoms with Gasteiger partial charge in [-0.15, -0.1) is 0 Å². The highest BCUT2D eigenvalue weighted by molar-refractivity contribution is 8.13. The second kappa shape index (κ2) is 9.43. The Morgan fingerprint density at radius 2 is 1.58 bits per heavy atom. The molecule has 0 fully saturated rings. The van der Waals surface area contributed by atoms with E-state index >= 15 is 0 Å². The third-order valence-electron chi connectivity index (χ3n) is 4.69. The lowest BCUT2D eigenvalue weighted by molar-refractivity contribution is -0.138. The van der Waals surface area contributed by atoms with Crippen molar-refractivity contribution in [1.29, 1.82) is 0 Å². The average Bonchev–Trinajstić information content (AvgIpc) is 3.02. The third kappa shape index (κ3) is 5.79. The third-order valence-corrected chi connectivity index (χ3v) is 5.51. The van der Waals surface area contributed by atoms with Crippen LogP contribution in [0.4, 0.5) is 9.59 Å². The second-order valence-electron chi connectivity index (χ2n) is 8.14. The van der Waals surface area contributed by atoms with Gasteiger partial charge >= 0.3 is 17.4 Å². The van der Waals surface area contributed by atoms with E-state index in [0.717, 1.165) is 22.3 Å². The van der Waals surface area contributed by atoms with E-state index in [1.54, 1.807) is 20.8 Å². The van der Waals surface area contributed by atoms with Gasteiger partial charge < -0.3 is 19.9 Å². The van der Waals surface area contributed by atoms with Crippen molar-refractivity contribution in [3.63, 3.8) is 0 Å². The number of carboxylic acids is 1. The Bertz CT molecular complexity index is 939. The lowest BCUT2D eigenvalue weighted by Gasteiger charge is -2.20. The monoisotopic (exact) mass is 443 g/mol. The van der Waals surface area contributed by atoms with Crippen LogP contribution in [-0.4, -0.2) is 46.5 Å². The molecule has 0 saturated carbocycles. The average molecular weight is 444 g/mol. The number of hydrogen-bond acceptors (Lipinski definition) is 6. The molecule has 0 spiro atoms. The summed E-state index contributed by atoms with van der Waals surface area (Å²) in [5, 5.41) is 11.1. The van der Waals surface area contributed by atoms with E-state index in [-0.39, 0.29) is 18.3 Å². The summed E-state index contributed by atoms with van der Waals surface area (Å²) >= 11 is 0.694. The van der Waals surface area contributed by atoms with Gasteiger partial charge in [0.15, 0.2) is 0 Å². The van der Waals surface area contributed by atoms with E-state index in [1.165, 1.54) is 0 Å². The highest BCUT2D eigenvalue weighted by Gasteiger charge is 2.30. The quantitative estimate of drug-likeness (QED) is 0.627. The summed E-state index contributed by atoms with van der Waals surface area (Å²) < 4.78 is 10.5. The Labute approximate surface area is 185 Å². The van der Waals surface area contributed by atoms with Crippen LogP contribution in [0.3, 0.4) is 0 Å². The SMILES string of the molecule is CC(C)(C)OC(=O)SCC(NC(=O)OCC1c2ccccc2-c2ccccc21)C(=O)O. The lowest BCUT2D eigenvalue weighted by atomic mass is 9.98. The van der Waals surface area contributed by atoms with Crippen molar-refractivity contribution in [2.45, 2.75) is 38.3 Å². The van der Waals surface area contributed by atoms with Crippen LogP contribution in [0.1, 0.15) is 37.8 Å². The molecule has 7 nitrogen and oxygen atoms in total. The van der Waals surface area contributed by atoms with Gasteiger partial charge in [-0.3, -0.25) is 0 Å². The zero-order valence-corrected chi connectivity index (χ0v) is 18.4. The molecule has 8 heteroatoms. The summed E-state index contributed by atoms with van der Waals surface area (Å²) in [7, 11) is 0. The van der Waals surface area contributed by atoms with Crippen LogP contribution in [0, 0.1) is 0 Å². The smallest absolute Gasteiger partial charge is 0.407 e. The molecule has 0 saturated heterocycles. The van der Waals surface area contributed by atoms with Crippen molar-refractivity contribution in [3.05, 3.63) is 59.7 Å². The minimum Gasteiger partial charge on any atom is -0.480 e. The number of carboxylic acid groups (broad SMARTS) is 1. The molecule has 0 radical (unpaired) electrons. The first-order valence-electron chi connectivity index (χ1n) is 9.86. The zero-order chi connectivity index (χ0) is 22.6. The van der Waals surface area contributed by atoms with Crippen LogP contribution in [0.5, 0.6) is 0 Å². The molecule has 164 valence electrons.